The van der Waals surface area contributed by atoms with Crippen LogP contribution in [0.1, 0.15) is 32.6 Å². The Bertz CT molecular complexity index is 1010. The molecule has 2 amide bonds. The van der Waals surface area contributed by atoms with Crippen LogP contribution in [0.2, 0.25) is 0 Å². The highest BCUT2D eigenvalue weighted by molar-refractivity contribution is 7.99. The van der Waals surface area contributed by atoms with Crippen molar-refractivity contribution in [3.8, 4) is 0 Å². The van der Waals surface area contributed by atoms with Gasteiger partial charge in [-0.2, -0.15) is 0 Å². The van der Waals surface area contributed by atoms with E-state index in [4.69, 9.17) is 0 Å². The molecule has 160 valence electrons. The fourth-order valence-corrected chi connectivity index (χ4v) is 4.21. The van der Waals surface area contributed by atoms with Crippen LogP contribution in [0.25, 0.3) is 0 Å². The number of rotatable bonds is 9. The van der Waals surface area contributed by atoms with Gasteiger partial charge in [0.25, 0.3) is 5.91 Å². The van der Waals surface area contributed by atoms with Gasteiger partial charge >= 0.3 is 0 Å². The molecule has 0 aliphatic heterocycles. The second-order valence-corrected chi connectivity index (χ2v) is 8.56. The average molecular weight is 433 g/mol. The van der Waals surface area contributed by atoms with Crippen LogP contribution in [0.3, 0.4) is 0 Å². The standard InChI is InChI=1S/C26H28N2O2S/c1-19-14-20(2)16-22(15-19)17-31-18-25(29)28-24-11-7-6-10-23(24)26(30)27-13-12-21-8-4-3-5-9-21/h3-11,14-16H,12-13,17-18H2,1-2H3,(H,27,30)(H,28,29). The molecule has 0 aliphatic carbocycles. The lowest BCUT2D eigenvalue weighted by molar-refractivity contribution is -0.113. The van der Waals surface area contributed by atoms with E-state index in [1.807, 2.05) is 36.4 Å². The minimum absolute atomic E-state index is 0.112. The van der Waals surface area contributed by atoms with E-state index in [0.29, 0.717) is 23.5 Å². The van der Waals surface area contributed by atoms with Crippen molar-refractivity contribution >= 4 is 29.3 Å². The second-order valence-electron chi connectivity index (χ2n) is 7.57. The van der Waals surface area contributed by atoms with Crippen molar-refractivity contribution in [1.82, 2.24) is 5.32 Å². The number of thioether (sulfide) groups is 1. The molecule has 5 heteroatoms. The van der Waals surface area contributed by atoms with Crippen LogP contribution in [-0.2, 0) is 17.0 Å². The third-order valence-corrected chi connectivity index (χ3v) is 5.77. The maximum atomic E-state index is 12.6. The number of para-hydroxylation sites is 1. The topological polar surface area (TPSA) is 58.2 Å². The van der Waals surface area contributed by atoms with Crippen LogP contribution >= 0.6 is 11.8 Å². The smallest absolute Gasteiger partial charge is 0.253 e. The zero-order chi connectivity index (χ0) is 22.1. The van der Waals surface area contributed by atoms with E-state index in [9.17, 15) is 9.59 Å². The first-order valence-corrected chi connectivity index (χ1v) is 11.5. The Hall–Kier alpha value is -3.05. The summed E-state index contributed by atoms with van der Waals surface area (Å²) in [5.41, 5.74) is 5.86. The fraction of sp³-hybridized carbons (Fsp3) is 0.231. The Morgan fingerprint density at radius 2 is 1.52 bits per heavy atom. The summed E-state index contributed by atoms with van der Waals surface area (Å²) >= 11 is 1.56. The summed E-state index contributed by atoms with van der Waals surface area (Å²) in [5, 5.41) is 5.83. The van der Waals surface area contributed by atoms with Gasteiger partial charge in [-0.05, 0) is 43.5 Å². The molecule has 3 aromatic rings. The van der Waals surface area contributed by atoms with Crippen molar-refractivity contribution in [3.05, 3.63) is 101 Å². The zero-order valence-corrected chi connectivity index (χ0v) is 18.8. The molecule has 4 nitrogen and oxygen atoms in total. The van der Waals surface area contributed by atoms with E-state index < -0.39 is 0 Å². The van der Waals surface area contributed by atoms with Crippen molar-refractivity contribution in [1.29, 1.82) is 0 Å². The van der Waals surface area contributed by atoms with Crippen molar-refractivity contribution in [2.24, 2.45) is 0 Å². The van der Waals surface area contributed by atoms with Crippen LogP contribution in [0.4, 0.5) is 5.69 Å². The van der Waals surface area contributed by atoms with Crippen molar-refractivity contribution < 1.29 is 9.59 Å². The third-order valence-electron chi connectivity index (χ3n) is 4.77. The first-order valence-electron chi connectivity index (χ1n) is 10.4. The molecule has 2 N–H and O–H groups in total. The molecule has 0 unspecified atom stereocenters. The number of nitrogens with one attached hydrogen (secondary N) is 2. The highest BCUT2D eigenvalue weighted by Gasteiger charge is 2.13. The molecule has 3 aromatic carbocycles. The summed E-state index contributed by atoms with van der Waals surface area (Å²) in [4.78, 5) is 25.1. The van der Waals surface area contributed by atoms with Gasteiger partial charge in [-0.15, -0.1) is 11.8 Å². The molecular weight excluding hydrogens is 404 g/mol. The molecule has 0 spiro atoms. The number of anilines is 1. The van der Waals surface area contributed by atoms with Gasteiger partial charge in [-0.3, -0.25) is 9.59 Å². The van der Waals surface area contributed by atoms with Gasteiger partial charge in [0.2, 0.25) is 5.91 Å². The summed E-state index contributed by atoms with van der Waals surface area (Å²) in [6.07, 6.45) is 0.760. The molecule has 31 heavy (non-hydrogen) atoms. The summed E-state index contributed by atoms with van der Waals surface area (Å²) in [6.45, 7) is 4.70. The van der Waals surface area contributed by atoms with Crippen LogP contribution in [0.5, 0.6) is 0 Å². The van der Waals surface area contributed by atoms with Gasteiger partial charge in [0.1, 0.15) is 0 Å². The zero-order valence-electron chi connectivity index (χ0n) is 18.0. The summed E-state index contributed by atoms with van der Waals surface area (Å²) in [7, 11) is 0. The minimum atomic E-state index is -0.185. The first kappa shape index (κ1) is 22.6. The molecule has 0 bridgehead atoms. The van der Waals surface area contributed by atoms with Crippen molar-refractivity contribution in [2.75, 3.05) is 17.6 Å². The van der Waals surface area contributed by atoms with Gasteiger partial charge in [-0.25, -0.2) is 0 Å². The van der Waals surface area contributed by atoms with E-state index in [1.165, 1.54) is 22.3 Å². The van der Waals surface area contributed by atoms with Crippen molar-refractivity contribution in [2.45, 2.75) is 26.0 Å². The van der Waals surface area contributed by atoms with E-state index in [2.05, 4.69) is 42.7 Å². The van der Waals surface area contributed by atoms with Crippen LogP contribution in [-0.4, -0.2) is 24.1 Å². The average Bonchev–Trinajstić information content (AvgIpc) is 2.74. The Morgan fingerprint density at radius 1 is 0.839 bits per heavy atom. The lowest BCUT2D eigenvalue weighted by Gasteiger charge is -2.12. The molecule has 0 radical (unpaired) electrons. The minimum Gasteiger partial charge on any atom is -0.352 e. The molecular formula is C26H28N2O2S. The number of hydrogen-bond acceptors (Lipinski definition) is 3. The van der Waals surface area contributed by atoms with Crippen LogP contribution < -0.4 is 10.6 Å². The number of benzene rings is 3. The van der Waals surface area contributed by atoms with Gasteiger partial charge in [0, 0.05) is 12.3 Å². The largest absolute Gasteiger partial charge is 0.352 e. The molecule has 0 heterocycles. The number of carbonyl (C=O) groups excluding carboxylic acids is 2. The van der Waals surface area contributed by atoms with Crippen LogP contribution in [0, 0.1) is 13.8 Å². The lowest BCUT2D eigenvalue weighted by Crippen LogP contribution is -2.27. The highest BCUT2D eigenvalue weighted by atomic mass is 32.2. The molecule has 0 aliphatic rings. The number of amides is 2. The number of carbonyl (C=O) groups is 2. The molecule has 3 rings (SSSR count). The predicted molar refractivity (Wildman–Crippen MR) is 130 cm³/mol. The predicted octanol–water partition coefficient (Wildman–Crippen LogP) is 5.15. The summed E-state index contributed by atoms with van der Waals surface area (Å²) in [5.74, 6) is 0.808. The normalized spacial score (nSPS) is 10.5. The Balaban J connectivity index is 1.50. The monoisotopic (exact) mass is 432 g/mol. The Morgan fingerprint density at radius 3 is 2.26 bits per heavy atom. The Kier molecular flexibility index (Phi) is 8.30. The molecule has 0 fully saturated rings. The summed E-state index contributed by atoms with van der Waals surface area (Å²) < 4.78 is 0. The maximum absolute atomic E-state index is 12.6. The second kappa shape index (κ2) is 11.4. The number of hydrogen-bond donors (Lipinski definition) is 2. The molecule has 0 atom stereocenters. The third kappa shape index (κ3) is 7.30. The SMILES string of the molecule is Cc1cc(C)cc(CSCC(=O)Nc2ccccc2C(=O)NCCc2ccccc2)c1. The maximum Gasteiger partial charge on any atom is 0.253 e. The molecule has 0 saturated heterocycles. The van der Waals surface area contributed by atoms with E-state index in [-0.39, 0.29) is 11.8 Å². The number of aryl methyl sites for hydroxylation is 2. The van der Waals surface area contributed by atoms with E-state index in [0.717, 1.165) is 12.2 Å². The van der Waals surface area contributed by atoms with Crippen molar-refractivity contribution in [3.63, 3.8) is 0 Å². The first-order chi connectivity index (χ1) is 15.0. The molecule has 0 saturated carbocycles. The highest BCUT2D eigenvalue weighted by Crippen LogP contribution is 2.18. The quantitative estimate of drug-likeness (QED) is 0.492. The molecule has 0 aromatic heterocycles. The van der Waals surface area contributed by atoms with Gasteiger partial charge < -0.3 is 10.6 Å². The van der Waals surface area contributed by atoms with Gasteiger partial charge in [0.15, 0.2) is 0 Å². The van der Waals surface area contributed by atoms with Gasteiger partial charge in [-0.1, -0.05) is 71.8 Å². The Labute approximate surface area is 188 Å². The van der Waals surface area contributed by atoms with E-state index >= 15 is 0 Å². The van der Waals surface area contributed by atoms with Gasteiger partial charge in [0.05, 0.1) is 17.0 Å². The summed E-state index contributed by atoms with van der Waals surface area (Å²) in [6, 6.07) is 23.6. The fourth-order valence-electron chi connectivity index (χ4n) is 3.45. The lowest BCUT2D eigenvalue weighted by atomic mass is 10.1. The van der Waals surface area contributed by atoms with E-state index in [1.54, 1.807) is 30.0 Å². The van der Waals surface area contributed by atoms with Crippen LogP contribution in [0.15, 0.2) is 72.8 Å².